The first-order chi connectivity index (χ1) is 8.99. The number of Topliss-reactive ketones (excluding diaryl/α,β-unsaturated/α-hetero) is 1. The van der Waals surface area contributed by atoms with Crippen molar-refractivity contribution in [1.29, 1.82) is 0 Å². The van der Waals surface area contributed by atoms with E-state index in [-0.39, 0.29) is 17.2 Å². The smallest absolute Gasteiger partial charge is 0.240 e. The van der Waals surface area contributed by atoms with E-state index in [1.54, 1.807) is 6.07 Å². The molecule has 100 valence electrons. The molecule has 0 fully saturated rings. The number of rotatable bonds is 5. The third kappa shape index (κ3) is 3.27. The highest BCUT2D eigenvalue weighted by atomic mass is 32.2. The van der Waals surface area contributed by atoms with Crippen LogP contribution in [0.25, 0.3) is 0 Å². The molecule has 2 rings (SSSR count). The molecule has 0 bridgehead atoms. The van der Waals surface area contributed by atoms with Crippen LogP contribution in [-0.2, 0) is 16.6 Å². The molecular weight excluding hydrogens is 268 g/mol. The van der Waals surface area contributed by atoms with Gasteiger partial charge in [0.2, 0.25) is 10.0 Å². The number of hydrogen-bond acceptors (Lipinski definition) is 5. The van der Waals surface area contributed by atoms with Crippen LogP contribution in [0, 0.1) is 0 Å². The summed E-state index contributed by atoms with van der Waals surface area (Å²) in [6.07, 6.45) is 1.44. The van der Waals surface area contributed by atoms with Gasteiger partial charge in [0, 0.05) is 11.6 Å². The van der Waals surface area contributed by atoms with E-state index in [1.807, 2.05) is 0 Å². The van der Waals surface area contributed by atoms with E-state index in [0.717, 1.165) is 0 Å². The standard InChI is InChI=1S/C12H12N2O4S/c1-9(15)10-2-4-12(5-3-10)19(16,17)14-8-11-6-7-13-18-11/h2-7,14H,8H2,1H3. The van der Waals surface area contributed by atoms with Crippen LogP contribution in [0.4, 0.5) is 0 Å². The number of carbonyl (C=O) groups excluding carboxylic acids is 1. The Hall–Kier alpha value is -1.99. The minimum absolute atomic E-state index is 0.0246. The molecule has 2 aromatic rings. The highest BCUT2D eigenvalue weighted by Gasteiger charge is 2.14. The minimum Gasteiger partial charge on any atom is -0.360 e. The largest absolute Gasteiger partial charge is 0.360 e. The predicted molar refractivity (Wildman–Crippen MR) is 67.0 cm³/mol. The summed E-state index contributed by atoms with van der Waals surface area (Å²) in [6, 6.07) is 7.30. The Kier molecular flexibility index (Phi) is 3.77. The molecule has 1 aromatic carbocycles. The van der Waals surface area contributed by atoms with Crippen LogP contribution in [0.5, 0.6) is 0 Å². The lowest BCUT2D eigenvalue weighted by Gasteiger charge is -2.05. The fourth-order valence-electron chi connectivity index (χ4n) is 1.45. The van der Waals surface area contributed by atoms with Crippen molar-refractivity contribution in [2.45, 2.75) is 18.4 Å². The minimum atomic E-state index is -3.63. The zero-order valence-corrected chi connectivity index (χ0v) is 11.0. The second-order valence-corrected chi connectivity index (χ2v) is 5.65. The number of carbonyl (C=O) groups is 1. The van der Waals surface area contributed by atoms with Gasteiger partial charge in [-0.2, -0.15) is 0 Å². The molecule has 0 amide bonds. The maximum atomic E-state index is 12.0. The molecular formula is C12H12N2O4S. The van der Waals surface area contributed by atoms with Gasteiger partial charge < -0.3 is 4.52 Å². The molecule has 7 heteroatoms. The summed E-state index contributed by atoms with van der Waals surface area (Å²) in [6.45, 7) is 1.45. The number of nitrogens with one attached hydrogen (secondary N) is 1. The number of benzene rings is 1. The third-order valence-electron chi connectivity index (χ3n) is 2.50. The zero-order valence-electron chi connectivity index (χ0n) is 10.2. The number of nitrogens with zero attached hydrogens (tertiary/aromatic N) is 1. The van der Waals surface area contributed by atoms with Crippen molar-refractivity contribution >= 4 is 15.8 Å². The first-order valence-electron chi connectivity index (χ1n) is 5.49. The van der Waals surface area contributed by atoms with E-state index >= 15 is 0 Å². The maximum absolute atomic E-state index is 12.0. The van der Waals surface area contributed by atoms with Crippen LogP contribution in [0.2, 0.25) is 0 Å². The van der Waals surface area contributed by atoms with Crippen molar-refractivity contribution in [1.82, 2.24) is 9.88 Å². The van der Waals surface area contributed by atoms with Gasteiger partial charge in [-0.3, -0.25) is 4.79 Å². The van der Waals surface area contributed by atoms with Crippen molar-refractivity contribution in [3.63, 3.8) is 0 Å². The van der Waals surface area contributed by atoms with Crippen molar-refractivity contribution in [3.8, 4) is 0 Å². The fourth-order valence-corrected chi connectivity index (χ4v) is 2.44. The van der Waals surface area contributed by atoms with Crippen LogP contribution >= 0.6 is 0 Å². The summed E-state index contributed by atoms with van der Waals surface area (Å²) in [5, 5.41) is 3.48. The Bertz CT molecular complexity index is 660. The van der Waals surface area contributed by atoms with Crippen LogP contribution in [0.3, 0.4) is 0 Å². The lowest BCUT2D eigenvalue weighted by molar-refractivity contribution is 0.101. The zero-order chi connectivity index (χ0) is 13.9. The lowest BCUT2D eigenvalue weighted by Crippen LogP contribution is -2.23. The van der Waals surface area contributed by atoms with E-state index in [2.05, 4.69) is 9.88 Å². The average Bonchev–Trinajstić information content (AvgIpc) is 2.90. The van der Waals surface area contributed by atoms with Gasteiger partial charge in [-0.05, 0) is 19.1 Å². The molecule has 0 saturated heterocycles. The number of ketones is 1. The van der Waals surface area contributed by atoms with Gasteiger partial charge in [0.05, 0.1) is 17.6 Å². The van der Waals surface area contributed by atoms with Crippen LogP contribution in [-0.4, -0.2) is 19.4 Å². The number of aromatic nitrogens is 1. The van der Waals surface area contributed by atoms with Crippen molar-refractivity contribution < 1.29 is 17.7 Å². The summed E-state index contributed by atoms with van der Waals surface area (Å²) in [5.74, 6) is 0.308. The topological polar surface area (TPSA) is 89.3 Å². The van der Waals surface area contributed by atoms with Crippen molar-refractivity contribution in [3.05, 3.63) is 47.9 Å². The molecule has 1 heterocycles. The summed E-state index contributed by atoms with van der Waals surface area (Å²) >= 11 is 0. The summed E-state index contributed by atoms with van der Waals surface area (Å²) in [7, 11) is -3.63. The van der Waals surface area contributed by atoms with Gasteiger partial charge in [-0.25, -0.2) is 13.1 Å². The van der Waals surface area contributed by atoms with Crippen LogP contribution in [0.1, 0.15) is 23.0 Å². The molecule has 0 aliphatic carbocycles. The quantitative estimate of drug-likeness (QED) is 0.835. The van der Waals surface area contributed by atoms with Gasteiger partial charge in [0.25, 0.3) is 0 Å². The Labute approximate surface area is 110 Å². The van der Waals surface area contributed by atoms with Crippen LogP contribution < -0.4 is 4.72 Å². The van der Waals surface area contributed by atoms with E-state index in [0.29, 0.717) is 11.3 Å². The molecule has 19 heavy (non-hydrogen) atoms. The first-order valence-corrected chi connectivity index (χ1v) is 6.97. The van der Waals surface area contributed by atoms with Crippen molar-refractivity contribution in [2.24, 2.45) is 0 Å². The van der Waals surface area contributed by atoms with Gasteiger partial charge in [0.1, 0.15) is 0 Å². The molecule has 0 radical (unpaired) electrons. The molecule has 0 saturated carbocycles. The normalized spacial score (nSPS) is 11.4. The Morgan fingerprint density at radius 3 is 2.47 bits per heavy atom. The van der Waals surface area contributed by atoms with E-state index in [1.165, 1.54) is 37.4 Å². The Morgan fingerprint density at radius 2 is 1.95 bits per heavy atom. The van der Waals surface area contributed by atoms with Crippen molar-refractivity contribution in [2.75, 3.05) is 0 Å². The first kappa shape index (κ1) is 13.4. The number of hydrogen-bond donors (Lipinski definition) is 1. The van der Waals surface area contributed by atoms with Crippen LogP contribution in [0.15, 0.2) is 45.9 Å². The molecule has 1 aromatic heterocycles. The molecule has 0 aliphatic rings. The van der Waals surface area contributed by atoms with E-state index in [4.69, 9.17) is 4.52 Å². The summed E-state index contributed by atoms with van der Waals surface area (Å²) < 4.78 is 31.1. The van der Waals surface area contributed by atoms with Gasteiger partial charge in [-0.1, -0.05) is 17.3 Å². The second kappa shape index (κ2) is 5.33. The van der Waals surface area contributed by atoms with Gasteiger partial charge in [-0.15, -0.1) is 0 Å². The summed E-state index contributed by atoms with van der Waals surface area (Å²) in [4.78, 5) is 11.2. The summed E-state index contributed by atoms with van der Waals surface area (Å²) in [5.41, 5.74) is 0.467. The Balaban J connectivity index is 2.13. The van der Waals surface area contributed by atoms with Gasteiger partial charge in [0.15, 0.2) is 11.5 Å². The third-order valence-corrected chi connectivity index (χ3v) is 3.92. The predicted octanol–water partition coefficient (Wildman–Crippen LogP) is 1.36. The maximum Gasteiger partial charge on any atom is 0.240 e. The molecule has 0 atom stereocenters. The number of sulfonamides is 1. The second-order valence-electron chi connectivity index (χ2n) is 3.88. The molecule has 0 unspecified atom stereocenters. The van der Waals surface area contributed by atoms with Gasteiger partial charge >= 0.3 is 0 Å². The molecule has 1 N–H and O–H groups in total. The molecule has 0 aliphatic heterocycles. The molecule has 0 spiro atoms. The monoisotopic (exact) mass is 280 g/mol. The highest BCUT2D eigenvalue weighted by molar-refractivity contribution is 7.89. The van der Waals surface area contributed by atoms with E-state index < -0.39 is 10.0 Å². The van der Waals surface area contributed by atoms with E-state index in [9.17, 15) is 13.2 Å². The highest BCUT2D eigenvalue weighted by Crippen LogP contribution is 2.11. The average molecular weight is 280 g/mol. The Morgan fingerprint density at radius 1 is 1.26 bits per heavy atom. The fraction of sp³-hybridized carbons (Fsp3) is 0.167. The molecule has 6 nitrogen and oxygen atoms in total. The lowest BCUT2D eigenvalue weighted by atomic mass is 10.2. The SMILES string of the molecule is CC(=O)c1ccc(S(=O)(=O)NCc2ccno2)cc1.